The molecular formula is C26H31BrN8O2. The molecule has 10 nitrogen and oxygen atoms in total. The zero-order chi connectivity index (χ0) is 26.0. The minimum absolute atomic E-state index is 0.0773. The average molecular weight is 567 g/mol. The number of hydrogen-bond donors (Lipinski definition) is 3. The van der Waals surface area contributed by atoms with Gasteiger partial charge in [0.05, 0.1) is 23.2 Å². The van der Waals surface area contributed by atoms with Crippen molar-refractivity contribution in [3.63, 3.8) is 0 Å². The van der Waals surface area contributed by atoms with Crippen molar-refractivity contribution in [2.24, 2.45) is 5.41 Å². The third-order valence-corrected chi connectivity index (χ3v) is 7.63. The standard InChI is InChI=1S/C26H31BrN8O2/c1-26(24(36)28-2)7-6-18(13-26)32-25-31-15-20-22(27)34-35(23(20)33-25)19-11-16-5-4-8-30-21(16)17(12-19)14-29-9-10-37-3/h4-5,8,11-12,15,18,29H,6-7,9-10,13-14H2,1-3H3,(H,28,36)(H,31,32,33)/t18-,26-/m1/s1. The van der Waals surface area contributed by atoms with Gasteiger partial charge in [0.1, 0.15) is 4.60 Å². The molecule has 5 rings (SSSR count). The summed E-state index contributed by atoms with van der Waals surface area (Å²) in [7, 11) is 3.38. The molecule has 0 bridgehead atoms. The molecule has 3 N–H and O–H groups in total. The van der Waals surface area contributed by atoms with Crippen LogP contribution in [0.5, 0.6) is 0 Å². The van der Waals surface area contributed by atoms with Gasteiger partial charge in [0.25, 0.3) is 0 Å². The molecule has 1 saturated carbocycles. The molecule has 4 aromatic rings. The molecule has 194 valence electrons. The summed E-state index contributed by atoms with van der Waals surface area (Å²) in [5.41, 5.74) is 3.21. The fourth-order valence-corrected chi connectivity index (χ4v) is 5.52. The predicted molar refractivity (Wildman–Crippen MR) is 147 cm³/mol. The van der Waals surface area contributed by atoms with Crippen LogP contribution in [0, 0.1) is 5.41 Å². The van der Waals surface area contributed by atoms with E-state index in [0.29, 0.717) is 29.4 Å². The number of rotatable bonds is 9. The van der Waals surface area contributed by atoms with Gasteiger partial charge in [-0.2, -0.15) is 10.1 Å². The molecule has 0 saturated heterocycles. The first-order valence-electron chi connectivity index (χ1n) is 12.4. The summed E-state index contributed by atoms with van der Waals surface area (Å²) in [4.78, 5) is 26.3. The number of halogens is 1. The van der Waals surface area contributed by atoms with Crippen LogP contribution in [0.3, 0.4) is 0 Å². The minimum atomic E-state index is -0.381. The van der Waals surface area contributed by atoms with E-state index in [1.165, 1.54) is 0 Å². The Morgan fingerprint density at radius 2 is 2.19 bits per heavy atom. The summed E-state index contributed by atoms with van der Waals surface area (Å²) in [5.74, 6) is 0.602. The molecule has 37 heavy (non-hydrogen) atoms. The van der Waals surface area contributed by atoms with E-state index in [-0.39, 0.29) is 17.4 Å². The molecule has 1 aliphatic carbocycles. The number of pyridine rings is 1. The predicted octanol–water partition coefficient (Wildman–Crippen LogP) is 3.58. The molecular weight excluding hydrogens is 536 g/mol. The number of amides is 1. The first kappa shape index (κ1) is 25.5. The van der Waals surface area contributed by atoms with Crippen LogP contribution in [0.1, 0.15) is 31.7 Å². The fraction of sp³-hybridized carbons (Fsp3) is 0.423. The van der Waals surface area contributed by atoms with E-state index in [2.05, 4.69) is 60.0 Å². The molecule has 0 aliphatic heterocycles. The van der Waals surface area contributed by atoms with Crippen LogP contribution in [-0.4, -0.2) is 64.0 Å². The highest BCUT2D eigenvalue weighted by Gasteiger charge is 2.41. The molecule has 0 radical (unpaired) electrons. The van der Waals surface area contributed by atoms with Crippen molar-refractivity contribution in [2.45, 2.75) is 38.8 Å². The first-order chi connectivity index (χ1) is 17.9. The minimum Gasteiger partial charge on any atom is -0.383 e. The molecule has 1 aliphatic rings. The van der Waals surface area contributed by atoms with Crippen LogP contribution < -0.4 is 16.0 Å². The van der Waals surface area contributed by atoms with Crippen molar-refractivity contribution in [1.82, 2.24) is 35.4 Å². The lowest BCUT2D eigenvalue weighted by Gasteiger charge is -2.22. The van der Waals surface area contributed by atoms with Crippen molar-refractivity contribution in [3.05, 3.63) is 46.8 Å². The number of aromatic nitrogens is 5. The fourth-order valence-electron chi connectivity index (χ4n) is 5.08. The Labute approximate surface area is 223 Å². The number of carbonyl (C=O) groups excluding carboxylic acids is 1. The molecule has 1 amide bonds. The van der Waals surface area contributed by atoms with Crippen LogP contribution in [0.15, 0.2) is 41.3 Å². The summed E-state index contributed by atoms with van der Waals surface area (Å²) < 4.78 is 7.67. The Morgan fingerprint density at radius 1 is 1.32 bits per heavy atom. The van der Waals surface area contributed by atoms with Crippen molar-refractivity contribution in [2.75, 3.05) is 32.6 Å². The first-order valence-corrected chi connectivity index (χ1v) is 13.2. The molecule has 3 aromatic heterocycles. The summed E-state index contributed by atoms with van der Waals surface area (Å²) in [6.07, 6.45) is 6.02. The van der Waals surface area contributed by atoms with Gasteiger partial charge < -0.3 is 20.7 Å². The Morgan fingerprint density at radius 3 is 3.00 bits per heavy atom. The van der Waals surface area contributed by atoms with Gasteiger partial charge in [-0.15, -0.1) is 0 Å². The van der Waals surface area contributed by atoms with Crippen molar-refractivity contribution >= 4 is 49.7 Å². The van der Waals surface area contributed by atoms with E-state index >= 15 is 0 Å². The summed E-state index contributed by atoms with van der Waals surface area (Å²) >= 11 is 3.58. The maximum absolute atomic E-state index is 12.3. The third-order valence-electron chi connectivity index (χ3n) is 7.04. The Hall–Kier alpha value is -3.15. The van der Waals surface area contributed by atoms with Gasteiger partial charge >= 0.3 is 0 Å². The molecule has 1 aromatic carbocycles. The molecule has 0 unspecified atom stereocenters. The lowest BCUT2D eigenvalue weighted by Crippen LogP contribution is -2.35. The number of nitrogens with zero attached hydrogens (tertiary/aromatic N) is 5. The number of nitrogens with one attached hydrogen (secondary N) is 3. The van der Waals surface area contributed by atoms with Crippen molar-refractivity contribution in [3.8, 4) is 5.69 Å². The maximum Gasteiger partial charge on any atom is 0.225 e. The summed E-state index contributed by atoms with van der Waals surface area (Å²) in [6.45, 7) is 4.05. The highest BCUT2D eigenvalue weighted by atomic mass is 79.9. The van der Waals surface area contributed by atoms with Gasteiger partial charge in [0.2, 0.25) is 11.9 Å². The maximum atomic E-state index is 12.3. The Balaban J connectivity index is 1.47. The van der Waals surface area contributed by atoms with Gasteiger partial charge in [-0.25, -0.2) is 9.67 Å². The third kappa shape index (κ3) is 5.16. The lowest BCUT2D eigenvalue weighted by molar-refractivity contribution is -0.129. The topological polar surface area (TPSA) is 119 Å². The van der Waals surface area contributed by atoms with E-state index in [4.69, 9.17) is 14.8 Å². The van der Waals surface area contributed by atoms with Crippen LogP contribution in [0.4, 0.5) is 5.95 Å². The number of ether oxygens (including phenoxy) is 1. The van der Waals surface area contributed by atoms with Crippen LogP contribution >= 0.6 is 15.9 Å². The van der Waals surface area contributed by atoms with E-state index < -0.39 is 0 Å². The van der Waals surface area contributed by atoms with Gasteiger partial charge in [-0.1, -0.05) is 13.0 Å². The highest BCUT2D eigenvalue weighted by molar-refractivity contribution is 9.10. The number of benzene rings is 1. The van der Waals surface area contributed by atoms with E-state index in [1.807, 2.05) is 23.9 Å². The van der Waals surface area contributed by atoms with Crippen LogP contribution in [0.25, 0.3) is 27.6 Å². The molecule has 0 spiro atoms. The second kappa shape index (κ2) is 10.7. The smallest absolute Gasteiger partial charge is 0.225 e. The van der Waals surface area contributed by atoms with E-state index in [9.17, 15) is 4.79 Å². The second-order valence-electron chi connectivity index (χ2n) is 9.71. The molecule has 3 heterocycles. The number of hydrogen-bond acceptors (Lipinski definition) is 8. The highest BCUT2D eigenvalue weighted by Crippen LogP contribution is 2.39. The van der Waals surface area contributed by atoms with Gasteiger partial charge in [0.15, 0.2) is 5.65 Å². The zero-order valence-corrected chi connectivity index (χ0v) is 22.8. The van der Waals surface area contributed by atoms with Gasteiger partial charge in [0, 0.05) is 56.5 Å². The average Bonchev–Trinajstić information content (AvgIpc) is 3.45. The zero-order valence-electron chi connectivity index (χ0n) is 21.2. The number of carbonyl (C=O) groups is 1. The Kier molecular flexibility index (Phi) is 7.36. The summed E-state index contributed by atoms with van der Waals surface area (Å²) in [5, 5.41) is 16.2. The lowest BCUT2D eigenvalue weighted by atomic mass is 9.87. The number of fused-ring (bicyclic) bond motifs is 2. The van der Waals surface area contributed by atoms with Crippen molar-refractivity contribution in [1.29, 1.82) is 0 Å². The van der Waals surface area contributed by atoms with E-state index in [0.717, 1.165) is 53.3 Å². The molecule has 1 fully saturated rings. The monoisotopic (exact) mass is 566 g/mol. The van der Waals surface area contributed by atoms with Crippen LogP contribution in [0.2, 0.25) is 0 Å². The normalized spacial score (nSPS) is 19.5. The van der Waals surface area contributed by atoms with E-state index in [1.54, 1.807) is 20.4 Å². The quantitative estimate of drug-likeness (QED) is 0.263. The molecule has 11 heteroatoms. The van der Waals surface area contributed by atoms with Crippen LogP contribution in [-0.2, 0) is 16.1 Å². The Bertz CT molecular complexity index is 1440. The second-order valence-corrected chi connectivity index (χ2v) is 10.5. The largest absolute Gasteiger partial charge is 0.383 e. The SMILES string of the molecule is CNC(=O)[C@]1(C)CC[C@@H](Nc2ncc3c(Br)nn(-c4cc(CNCCOC)c5ncccc5c4)c3n2)C1. The summed E-state index contributed by atoms with van der Waals surface area (Å²) in [6, 6.07) is 8.27. The number of anilines is 1. The van der Waals surface area contributed by atoms with Gasteiger partial charge in [-0.05, 0) is 59.0 Å². The van der Waals surface area contributed by atoms with Crippen molar-refractivity contribution < 1.29 is 9.53 Å². The molecule has 2 atom stereocenters. The van der Waals surface area contributed by atoms with Gasteiger partial charge in [-0.3, -0.25) is 9.78 Å². The number of methoxy groups -OCH3 is 1.